The van der Waals surface area contributed by atoms with Gasteiger partial charge in [-0.2, -0.15) is 0 Å². The third kappa shape index (κ3) is 2.74. The Morgan fingerprint density at radius 1 is 1.45 bits per heavy atom. The molecule has 1 amide bonds. The number of carbonyl (C=O) groups is 1. The van der Waals surface area contributed by atoms with Crippen molar-refractivity contribution in [3.63, 3.8) is 0 Å². The third-order valence-corrected chi connectivity index (χ3v) is 4.62. The van der Waals surface area contributed by atoms with Gasteiger partial charge in [-0.15, -0.1) is 0 Å². The summed E-state index contributed by atoms with van der Waals surface area (Å²) in [5.74, 6) is 0.499. The predicted octanol–water partition coefficient (Wildman–Crippen LogP) is 1.03. The fourth-order valence-electron chi connectivity index (χ4n) is 3.49. The van der Waals surface area contributed by atoms with Crippen LogP contribution in [0, 0.1) is 11.8 Å². The van der Waals surface area contributed by atoms with E-state index in [2.05, 4.69) is 10.6 Å². The third-order valence-electron chi connectivity index (χ3n) is 4.62. The molecule has 4 unspecified atom stereocenters. The summed E-state index contributed by atoms with van der Waals surface area (Å²) in [6, 6.07) is 4.01. The lowest BCUT2D eigenvalue weighted by molar-refractivity contribution is -0.133. The number of aliphatic hydroxyl groups excluding tert-OH is 1. The summed E-state index contributed by atoms with van der Waals surface area (Å²) in [6.45, 7) is 0.940. The molecule has 20 heavy (non-hydrogen) atoms. The maximum Gasteiger partial charge on any atom is 0.227 e. The largest absolute Gasteiger partial charge is 0.467 e. The van der Waals surface area contributed by atoms with Crippen molar-refractivity contribution in [3.8, 4) is 0 Å². The highest BCUT2D eigenvalue weighted by molar-refractivity contribution is 5.79. The lowest BCUT2D eigenvalue weighted by Crippen LogP contribution is -2.58. The van der Waals surface area contributed by atoms with Crippen LogP contribution in [0.2, 0.25) is 0 Å². The first-order chi connectivity index (χ1) is 9.75. The van der Waals surface area contributed by atoms with E-state index in [1.807, 2.05) is 6.07 Å². The summed E-state index contributed by atoms with van der Waals surface area (Å²) in [5, 5.41) is 16.7. The van der Waals surface area contributed by atoms with Crippen molar-refractivity contribution in [1.29, 1.82) is 0 Å². The molecule has 110 valence electrons. The van der Waals surface area contributed by atoms with Gasteiger partial charge in [0.25, 0.3) is 0 Å². The van der Waals surface area contributed by atoms with Crippen molar-refractivity contribution in [2.75, 3.05) is 6.54 Å². The van der Waals surface area contributed by atoms with E-state index < -0.39 is 6.10 Å². The van der Waals surface area contributed by atoms with Crippen molar-refractivity contribution >= 4 is 5.91 Å². The zero-order valence-electron chi connectivity index (χ0n) is 11.5. The van der Waals surface area contributed by atoms with Crippen molar-refractivity contribution in [2.45, 2.75) is 44.4 Å². The van der Waals surface area contributed by atoms with Crippen LogP contribution < -0.4 is 10.6 Å². The minimum atomic E-state index is -0.529. The molecule has 1 aromatic heterocycles. The SMILES string of the molecule is O=C(NCc1ccco1)C1CNC2CCCCC2C1O. The molecule has 1 aromatic rings. The quantitative estimate of drug-likeness (QED) is 0.772. The van der Waals surface area contributed by atoms with Gasteiger partial charge in [0, 0.05) is 18.5 Å². The molecule has 3 rings (SSSR count). The Morgan fingerprint density at radius 2 is 2.30 bits per heavy atom. The predicted molar refractivity (Wildman–Crippen MR) is 73.8 cm³/mol. The van der Waals surface area contributed by atoms with Crippen LogP contribution in [0.1, 0.15) is 31.4 Å². The minimum absolute atomic E-state index is 0.0922. The number of carbonyl (C=O) groups excluding carboxylic acids is 1. The molecule has 1 saturated carbocycles. The second kappa shape index (κ2) is 5.97. The molecule has 2 aliphatic rings. The molecule has 5 heteroatoms. The molecule has 1 aliphatic carbocycles. The van der Waals surface area contributed by atoms with Crippen molar-refractivity contribution < 1.29 is 14.3 Å². The molecule has 2 heterocycles. The van der Waals surface area contributed by atoms with E-state index in [0.29, 0.717) is 19.1 Å². The van der Waals surface area contributed by atoms with E-state index in [0.717, 1.165) is 25.0 Å². The van der Waals surface area contributed by atoms with Gasteiger partial charge in [-0.1, -0.05) is 12.8 Å². The van der Waals surface area contributed by atoms with Crippen molar-refractivity contribution in [2.24, 2.45) is 11.8 Å². The summed E-state index contributed by atoms with van der Waals surface area (Å²) in [7, 11) is 0. The first-order valence-electron chi connectivity index (χ1n) is 7.47. The van der Waals surface area contributed by atoms with Crippen molar-refractivity contribution in [1.82, 2.24) is 10.6 Å². The molecule has 5 nitrogen and oxygen atoms in total. The van der Waals surface area contributed by atoms with Crippen LogP contribution in [0.15, 0.2) is 22.8 Å². The van der Waals surface area contributed by atoms with E-state index >= 15 is 0 Å². The number of hydrogen-bond acceptors (Lipinski definition) is 4. The summed E-state index contributed by atoms with van der Waals surface area (Å²) < 4.78 is 5.19. The smallest absolute Gasteiger partial charge is 0.227 e. The monoisotopic (exact) mass is 278 g/mol. The second-order valence-electron chi connectivity index (χ2n) is 5.86. The van der Waals surface area contributed by atoms with Gasteiger partial charge in [0.1, 0.15) is 5.76 Å². The van der Waals surface area contributed by atoms with Gasteiger partial charge in [0.2, 0.25) is 5.91 Å². The molecule has 3 N–H and O–H groups in total. The maximum absolute atomic E-state index is 12.2. The standard InChI is InChI=1S/C15H22N2O3/c18-14-11-5-1-2-6-13(11)16-9-12(14)15(19)17-8-10-4-3-7-20-10/h3-4,7,11-14,16,18H,1-2,5-6,8-9H2,(H,17,19). The molecule has 2 fully saturated rings. The lowest BCUT2D eigenvalue weighted by Gasteiger charge is -2.43. The number of rotatable bonds is 3. The Bertz CT molecular complexity index is 446. The lowest BCUT2D eigenvalue weighted by atomic mass is 9.74. The molecular formula is C15H22N2O3. The summed E-state index contributed by atoms with van der Waals surface area (Å²) >= 11 is 0. The zero-order valence-corrected chi connectivity index (χ0v) is 11.5. The molecule has 0 aromatic carbocycles. The van der Waals surface area contributed by atoms with E-state index in [4.69, 9.17) is 4.42 Å². The Kier molecular flexibility index (Phi) is 4.08. The van der Waals surface area contributed by atoms with Gasteiger partial charge in [-0.05, 0) is 25.0 Å². The summed E-state index contributed by atoms with van der Waals surface area (Å²) in [4.78, 5) is 12.2. The summed E-state index contributed by atoms with van der Waals surface area (Å²) in [5.41, 5.74) is 0. The van der Waals surface area contributed by atoms with Gasteiger partial charge in [-0.25, -0.2) is 0 Å². The van der Waals surface area contributed by atoms with Crippen LogP contribution >= 0.6 is 0 Å². The van der Waals surface area contributed by atoms with Crippen LogP contribution in [0.4, 0.5) is 0 Å². The van der Waals surface area contributed by atoms with Crippen molar-refractivity contribution in [3.05, 3.63) is 24.2 Å². The second-order valence-corrected chi connectivity index (χ2v) is 5.86. The van der Waals surface area contributed by atoms with Crippen LogP contribution in [-0.4, -0.2) is 29.7 Å². The zero-order chi connectivity index (χ0) is 13.9. The van der Waals surface area contributed by atoms with Crippen LogP contribution in [0.5, 0.6) is 0 Å². The highest BCUT2D eigenvalue weighted by atomic mass is 16.3. The Morgan fingerprint density at radius 3 is 3.10 bits per heavy atom. The first kappa shape index (κ1) is 13.6. The van der Waals surface area contributed by atoms with E-state index in [1.165, 1.54) is 6.42 Å². The van der Waals surface area contributed by atoms with Gasteiger partial charge in [0.05, 0.1) is 24.8 Å². The molecule has 0 radical (unpaired) electrons. The highest BCUT2D eigenvalue weighted by Gasteiger charge is 2.42. The van der Waals surface area contributed by atoms with Gasteiger partial charge in [0.15, 0.2) is 0 Å². The number of hydrogen-bond donors (Lipinski definition) is 3. The minimum Gasteiger partial charge on any atom is -0.467 e. The molecular weight excluding hydrogens is 256 g/mol. The topological polar surface area (TPSA) is 74.5 Å². The summed E-state index contributed by atoms with van der Waals surface area (Å²) in [6.07, 6.45) is 5.56. The first-order valence-corrected chi connectivity index (χ1v) is 7.47. The number of furan rings is 1. The van der Waals surface area contributed by atoms with Crippen LogP contribution in [-0.2, 0) is 11.3 Å². The fourth-order valence-corrected chi connectivity index (χ4v) is 3.49. The number of piperidine rings is 1. The molecule has 0 spiro atoms. The van der Waals surface area contributed by atoms with E-state index in [1.54, 1.807) is 12.3 Å². The van der Waals surface area contributed by atoms with E-state index in [9.17, 15) is 9.90 Å². The van der Waals surface area contributed by atoms with Crippen LogP contribution in [0.3, 0.4) is 0 Å². The maximum atomic E-state index is 12.2. The number of fused-ring (bicyclic) bond motifs is 1. The number of aliphatic hydroxyl groups is 1. The van der Waals surface area contributed by atoms with Gasteiger partial charge >= 0.3 is 0 Å². The molecule has 4 atom stereocenters. The van der Waals surface area contributed by atoms with Gasteiger partial charge < -0.3 is 20.2 Å². The molecule has 0 bridgehead atoms. The Balaban J connectivity index is 1.57. The fraction of sp³-hybridized carbons (Fsp3) is 0.667. The van der Waals surface area contributed by atoms with Gasteiger partial charge in [-0.3, -0.25) is 4.79 Å². The average Bonchev–Trinajstić information content (AvgIpc) is 2.99. The molecule has 1 aliphatic heterocycles. The number of nitrogens with one attached hydrogen (secondary N) is 2. The van der Waals surface area contributed by atoms with E-state index in [-0.39, 0.29) is 17.7 Å². The highest BCUT2D eigenvalue weighted by Crippen LogP contribution is 2.33. The Hall–Kier alpha value is -1.33. The van der Waals surface area contributed by atoms with Crippen LogP contribution in [0.25, 0.3) is 0 Å². The average molecular weight is 278 g/mol. The molecule has 1 saturated heterocycles. The Labute approximate surface area is 118 Å². The normalized spacial score (nSPS) is 33.5. The number of amides is 1.